The molecule has 0 saturated heterocycles. The van der Waals surface area contributed by atoms with E-state index in [1.54, 1.807) is 3.59 Å². The van der Waals surface area contributed by atoms with Gasteiger partial charge in [-0.25, -0.2) is 0 Å². The third-order valence-corrected chi connectivity index (χ3v) is 10.6. The summed E-state index contributed by atoms with van der Waals surface area (Å²) in [5.41, 5.74) is 1.55. The first-order valence-electron chi connectivity index (χ1n) is 9.40. The van der Waals surface area contributed by atoms with Crippen molar-refractivity contribution in [1.82, 2.24) is 4.81 Å². The molecule has 0 aliphatic carbocycles. The molecule has 1 heterocycles. The summed E-state index contributed by atoms with van der Waals surface area (Å²) >= 11 is -2.31. The van der Waals surface area contributed by atoms with Gasteiger partial charge < -0.3 is 0 Å². The predicted molar refractivity (Wildman–Crippen MR) is 117 cm³/mol. The van der Waals surface area contributed by atoms with Gasteiger partial charge >= 0.3 is 160 Å². The Bertz CT molecular complexity index is 621. The molecule has 1 aromatic rings. The first kappa shape index (κ1) is 20.6. The van der Waals surface area contributed by atoms with E-state index >= 15 is 0 Å². The molecule has 2 rings (SSSR count). The molecule has 1 aromatic carbocycles. The van der Waals surface area contributed by atoms with Crippen molar-refractivity contribution < 1.29 is 0 Å². The Kier molecular flexibility index (Phi) is 5.88. The van der Waals surface area contributed by atoms with Gasteiger partial charge in [0.05, 0.1) is 0 Å². The minimum absolute atomic E-state index is 0.113. The van der Waals surface area contributed by atoms with E-state index in [4.69, 9.17) is 4.90 Å². The first-order valence-corrected chi connectivity index (χ1v) is 19.4. The van der Waals surface area contributed by atoms with Gasteiger partial charge in [0.25, 0.3) is 0 Å². The molecule has 0 fully saturated rings. The second-order valence-corrected chi connectivity index (χ2v) is 24.8. The molecule has 0 radical (unpaired) electrons. The van der Waals surface area contributed by atoms with Gasteiger partial charge in [-0.05, 0) is 0 Å². The van der Waals surface area contributed by atoms with E-state index in [-0.39, 0.29) is 17.7 Å². The van der Waals surface area contributed by atoms with Crippen molar-refractivity contribution in [3.63, 3.8) is 0 Å². The summed E-state index contributed by atoms with van der Waals surface area (Å²) < 4.78 is 1.57. The molecule has 0 amide bonds. The van der Waals surface area contributed by atoms with Gasteiger partial charge in [-0.1, -0.05) is 0 Å². The maximum atomic E-state index is 4.94. The van der Waals surface area contributed by atoms with E-state index in [1.807, 2.05) is 0 Å². The summed E-state index contributed by atoms with van der Waals surface area (Å²) in [4.78, 5) is 15.0. The summed E-state index contributed by atoms with van der Waals surface area (Å²) in [7, 11) is 0. The zero-order chi connectivity index (χ0) is 19.0. The molecule has 0 aromatic heterocycles. The van der Waals surface area contributed by atoms with Crippen molar-refractivity contribution in [2.75, 3.05) is 0 Å². The minimum atomic E-state index is -2.31. The van der Waals surface area contributed by atoms with Crippen LogP contribution < -0.4 is 0 Å². The fraction of sp³-hybridized carbons (Fsp3) is 0.571. The van der Waals surface area contributed by atoms with Gasteiger partial charge in [-0.15, -0.1) is 0 Å². The van der Waals surface area contributed by atoms with Crippen LogP contribution in [0.25, 0.3) is 3.59 Å². The number of hydrogen-bond acceptors (Lipinski definition) is 2. The molecule has 1 atom stereocenters. The quantitative estimate of drug-likeness (QED) is 0.522. The van der Waals surface area contributed by atoms with Crippen LogP contribution >= 0.6 is 0 Å². The fourth-order valence-electron chi connectivity index (χ4n) is 3.43. The van der Waals surface area contributed by atoms with Crippen LogP contribution in [0, 0.1) is 5.41 Å². The number of hydrogen-bond donors (Lipinski definition) is 0. The molecular weight excluding hydrogens is 410 g/mol. The molecule has 0 saturated carbocycles. The monoisotopic (exact) mass is 446 g/mol. The molecule has 136 valence electrons. The zero-order valence-electron chi connectivity index (χ0n) is 17.6. The summed E-state index contributed by atoms with van der Waals surface area (Å²) in [6.07, 6.45) is 4.66. The molecule has 4 heteroatoms. The van der Waals surface area contributed by atoms with Crippen molar-refractivity contribution in [3.05, 3.63) is 42.1 Å². The molecule has 2 nitrogen and oxygen atoms in total. The van der Waals surface area contributed by atoms with E-state index in [0.717, 1.165) is 0 Å². The van der Waals surface area contributed by atoms with E-state index in [2.05, 4.69) is 104 Å². The fourth-order valence-corrected chi connectivity index (χ4v) is 7.91. The molecule has 0 N–H and O–H groups in total. The molecule has 0 bridgehead atoms. The van der Waals surface area contributed by atoms with Crippen LogP contribution in [-0.4, -0.2) is 42.4 Å². The van der Waals surface area contributed by atoms with Crippen molar-refractivity contribution in [2.24, 2.45) is 10.3 Å². The molecule has 1 aliphatic heterocycles. The number of nitrogens with zero attached hydrogens (tertiary/aromatic N) is 2. The molecule has 1 unspecified atom stereocenters. The van der Waals surface area contributed by atoms with E-state index < -0.39 is 18.4 Å². The Morgan fingerprint density at radius 2 is 1.60 bits per heavy atom. The van der Waals surface area contributed by atoms with Crippen molar-refractivity contribution >= 4 is 35.2 Å². The van der Waals surface area contributed by atoms with Gasteiger partial charge in [0.1, 0.15) is 0 Å². The SMILES string of the molecule is CC(C)(C)B1N=CC(C(C)(C)C)N1/C=[C](/c1ccccc1)[Sn]([CH3])([CH3])[CH3]. The molecule has 25 heavy (non-hydrogen) atoms. The number of benzene rings is 1. The number of rotatable bonds is 3. The van der Waals surface area contributed by atoms with E-state index in [9.17, 15) is 0 Å². The Morgan fingerprint density at radius 3 is 2.04 bits per heavy atom. The Balaban J connectivity index is 2.57. The summed E-state index contributed by atoms with van der Waals surface area (Å²) in [6, 6.07) is 11.3. The normalized spacial score (nSPS) is 19.7. The summed E-state index contributed by atoms with van der Waals surface area (Å²) in [5.74, 6) is 0. The Hall–Kier alpha value is -0.706. The van der Waals surface area contributed by atoms with Crippen molar-refractivity contribution in [2.45, 2.75) is 67.7 Å². The van der Waals surface area contributed by atoms with Gasteiger partial charge in [-0.3, -0.25) is 0 Å². The molecule has 1 aliphatic rings. The van der Waals surface area contributed by atoms with Crippen molar-refractivity contribution in [1.29, 1.82) is 0 Å². The first-order chi connectivity index (χ1) is 11.3. The second-order valence-electron chi connectivity index (χ2n) is 10.5. The van der Waals surface area contributed by atoms with Crippen LogP contribution in [0.3, 0.4) is 0 Å². The van der Waals surface area contributed by atoms with Gasteiger partial charge in [0.2, 0.25) is 0 Å². The van der Waals surface area contributed by atoms with Crippen LogP contribution in [0.15, 0.2) is 41.4 Å². The van der Waals surface area contributed by atoms with Crippen LogP contribution in [0.2, 0.25) is 20.1 Å². The average molecular weight is 445 g/mol. The van der Waals surface area contributed by atoms with E-state index in [0.29, 0.717) is 6.04 Å². The predicted octanol–water partition coefficient (Wildman–Crippen LogP) is 5.99. The van der Waals surface area contributed by atoms with Crippen LogP contribution in [0.1, 0.15) is 47.1 Å². The third-order valence-electron chi connectivity index (χ3n) is 4.80. The Labute approximate surface area is 159 Å². The van der Waals surface area contributed by atoms with Gasteiger partial charge in [-0.2, -0.15) is 0 Å². The zero-order valence-corrected chi connectivity index (χ0v) is 20.4. The molecular formula is C21H35BN2Sn. The summed E-state index contributed by atoms with van der Waals surface area (Å²) in [6.45, 7) is 14.0. The summed E-state index contributed by atoms with van der Waals surface area (Å²) in [5, 5.41) is 0.113. The van der Waals surface area contributed by atoms with Crippen LogP contribution in [0.5, 0.6) is 0 Å². The Morgan fingerprint density at radius 1 is 1.04 bits per heavy atom. The van der Waals surface area contributed by atoms with Gasteiger partial charge in [0.15, 0.2) is 0 Å². The third kappa shape index (κ3) is 4.93. The maximum absolute atomic E-state index is 4.94. The van der Waals surface area contributed by atoms with Crippen LogP contribution in [-0.2, 0) is 0 Å². The standard InChI is InChI=1S/C18H26BN2.3CH3.Sn/c1-17(2,3)16-14-20-19(18(4,5)6)21(16)13-12-15-10-8-7-9-11-15;;;;/h7-11,13-14,16H,1-6H3;3*1H3;. The average Bonchev–Trinajstić information content (AvgIpc) is 2.88. The van der Waals surface area contributed by atoms with Crippen molar-refractivity contribution in [3.8, 4) is 0 Å². The van der Waals surface area contributed by atoms with E-state index in [1.165, 1.54) is 5.56 Å². The van der Waals surface area contributed by atoms with Crippen LogP contribution in [0.4, 0.5) is 0 Å². The topological polar surface area (TPSA) is 15.6 Å². The second kappa shape index (κ2) is 7.13. The molecule has 0 spiro atoms. The van der Waals surface area contributed by atoms with Gasteiger partial charge in [0, 0.05) is 0 Å².